The fraction of sp³-hybridized carbons (Fsp3) is 0.533. The predicted octanol–water partition coefficient (Wildman–Crippen LogP) is 2.75. The van der Waals surface area contributed by atoms with Crippen molar-refractivity contribution >= 4 is 17.3 Å². The zero-order valence-corrected chi connectivity index (χ0v) is 11.7. The Morgan fingerprint density at radius 3 is 2.74 bits per heavy atom. The summed E-state index contributed by atoms with van der Waals surface area (Å²) in [6, 6.07) is 5.65. The average molecular weight is 261 g/mol. The number of nitrogen functional groups attached to an aromatic ring is 1. The first-order valence-corrected chi connectivity index (χ1v) is 6.83. The Bertz CT molecular complexity index is 482. The fourth-order valence-corrected chi connectivity index (χ4v) is 2.89. The van der Waals surface area contributed by atoms with Crippen LogP contribution in [0.1, 0.15) is 49.9 Å². The molecular weight excluding hydrogens is 238 g/mol. The first kappa shape index (κ1) is 13.7. The van der Waals surface area contributed by atoms with Crippen molar-refractivity contribution in [1.82, 2.24) is 0 Å². The number of amides is 1. The van der Waals surface area contributed by atoms with E-state index in [0.29, 0.717) is 22.7 Å². The largest absolute Gasteiger partial charge is 0.397 e. The van der Waals surface area contributed by atoms with Gasteiger partial charge in [-0.1, -0.05) is 20.3 Å². The van der Waals surface area contributed by atoms with Gasteiger partial charge in [-0.15, -0.1) is 0 Å². The van der Waals surface area contributed by atoms with E-state index in [1.165, 1.54) is 19.3 Å². The van der Waals surface area contributed by atoms with Gasteiger partial charge in [-0.3, -0.25) is 4.79 Å². The van der Waals surface area contributed by atoms with Crippen molar-refractivity contribution in [2.45, 2.75) is 45.6 Å². The molecule has 1 atom stereocenters. The molecule has 0 aliphatic heterocycles. The number of hydrogen-bond donors (Lipinski definition) is 3. The highest BCUT2D eigenvalue weighted by Gasteiger charge is 2.28. The van der Waals surface area contributed by atoms with Crippen molar-refractivity contribution in [3.8, 4) is 0 Å². The molecule has 1 unspecified atom stereocenters. The van der Waals surface area contributed by atoms with Gasteiger partial charge in [0.15, 0.2) is 0 Å². The van der Waals surface area contributed by atoms with E-state index in [2.05, 4.69) is 19.2 Å². The maximum atomic E-state index is 11.1. The van der Waals surface area contributed by atoms with Gasteiger partial charge in [0.25, 0.3) is 0 Å². The van der Waals surface area contributed by atoms with E-state index >= 15 is 0 Å². The highest BCUT2D eigenvalue weighted by Crippen LogP contribution is 2.37. The van der Waals surface area contributed by atoms with Gasteiger partial charge in [0.05, 0.1) is 11.4 Å². The van der Waals surface area contributed by atoms with Crippen molar-refractivity contribution in [2.24, 2.45) is 11.1 Å². The van der Waals surface area contributed by atoms with Crippen LogP contribution >= 0.6 is 0 Å². The second-order valence-corrected chi connectivity index (χ2v) is 6.27. The summed E-state index contributed by atoms with van der Waals surface area (Å²) in [6.07, 6.45) is 4.83. The second kappa shape index (κ2) is 5.11. The van der Waals surface area contributed by atoms with Crippen molar-refractivity contribution < 1.29 is 4.79 Å². The van der Waals surface area contributed by atoms with Crippen LogP contribution in [0.2, 0.25) is 0 Å². The maximum Gasteiger partial charge on any atom is 0.248 e. The molecule has 0 saturated heterocycles. The number of nitrogens with two attached hydrogens (primary N) is 2. The summed E-state index contributed by atoms with van der Waals surface area (Å²) in [5.41, 5.74) is 13.5. The average Bonchev–Trinajstić information content (AvgIpc) is 2.30. The van der Waals surface area contributed by atoms with E-state index in [9.17, 15) is 4.79 Å². The van der Waals surface area contributed by atoms with Gasteiger partial charge in [0.2, 0.25) is 5.91 Å². The Labute approximate surface area is 114 Å². The van der Waals surface area contributed by atoms with Gasteiger partial charge in [0, 0.05) is 11.6 Å². The minimum Gasteiger partial charge on any atom is -0.397 e. The van der Waals surface area contributed by atoms with E-state index < -0.39 is 5.91 Å². The van der Waals surface area contributed by atoms with Crippen LogP contribution in [-0.2, 0) is 0 Å². The molecule has 0 spiro atoms. The van der Waals surface area contributed by atoms with Crippen molar-refractivity contribution in [3.05, 3.63) is 23.8 Å². The number of carbonyl (C=O) groups is 1. The molecule has 19 heavy (non-hydrogen) atoms. The van der Waals surface area contributed by atoms with E-state index in [1.54, 1.807) is 12.1 Å². The van der Waals surface area contributed by atoms with Gasteiger partial charge in [-0.2, -0.15) is 0 Å². The number of hydrogen-bond acceptors (Lipinski definition) is 3. The van der Waals surface area contributed by atoms with Crippen LogP contribution in [0.25, 0.3) is 0 Å². The summed E-state index contributed by atoms with van der Waals surface area (Å²) in [7, 11) is 0. The Morgan fingerprint density at radius 2 is 2.16 bits per heavy atom. The zero-order valence-electron chi connectivity index (χ0n) is 11.7. The molecular formula is C15H23N3O. The number of nitrogens with one attached hydrogen (secondary N) is 1. The summed E-state index contributed by atoms with van der Waals surface area (Å²) in [4.78, 5) is 11.1. The highest BCUT2D eigenvalue weighted by molar-refractivity contribution is 5.94. The molecule has 1 aliphatic carbocycles. The monoisotopic (exact) mass is 261 g/mol. The number of benzene rings is 1. The molecule has 1 fully saturated rings. The van der Waals surface area contributed by atoms with Crippen LogP contribution in [0.5, 0.6) is 0 Å². The fourth-order valence-electron chi connectivity index (χ4n) is 2.89. The number of anilines is 2. The lowest BCUT2D eigenvalue weighted by Gasteiger charge is -2.36. The topological polar surface area (TPSA) is 81.1 Å². The van der Waals surface area contributed by atoms with E-state index in [1.807, 2.05) is 6.07 Å². The molecule has 0 heterocycles. The summed E-state index contributed by atoms with van der Waals surface area (Å²) >= 11 is 0. The van der Waals surface area contributed by atoms with Crippen LogP contribution in [-0.4, -0.2) is 11.9 Å². The van der Waals surface area contributed by atoms with E-state index in [0.717, 1.165) is 12.1 Å². The first-order chi connectivity index (χ1) is 8.87. The minimum atomic E-state index is -0.447. The summed E-state index contributed by atoms with van der Waals surface area (Å²) in [5, 5.41) is 3.49. The quantitative estimate of drug-likeness (QED) is 0.732. The molecule has 0 aromatic heterocycles. The molecule has 5 N–H and O–H groups in total. The van der Waals surface area contributed by atoms with Gasteiger partial charge in [-0.25, -0.2) is 0 Å². The SMILES string of the molecule is CC1(C)CCCC(Nc2ccc(C(N)=O)cc2N)C1. The molecule has 1 aromatic carbocycles. The van der Waals surface area contributed by atoms with Crippen LogP contribution < -0.4 is 16.8 Å². The Kier molecular flexibility index (Phi) is 3.69. The van der Waals surface area contributed by atoms with Crippen LogP contribution in [0, 0.1) is 5.41 Å². The number of primary amides is 1. The third kappa shape index (κ3) is 3.40. The van der Waals surface area contributed by atoms with Crippen LogP contribution in [0.3, 0.4) is 0 Å². The highest BCUT2D eigenvalue weighted by atomic mass is 16.1. The lowest BCUT2D eigenvalue weighted by atomic mass is 9.75. The smallest absolute Gasteiger partial charge is 0.248 e. The van der Waals surface area contributed by atoms with Gasteiger partial charge in [0.1, 0.15) is 0 Å². The standard InChI is InChI=1S/C15H23N3O/c1-15(2)7-3-4-11(9-15)18-13-6-5-10(14(17)19)8-12(13)16/h5-6,8,11,18H,3-4,7,9,16H2,1-2H3,(H2,17,19). The molecule has 0 bridgehead atoms. The third-order valence-corrected chi connectivity index (χ3v) is 3.90. The Morgan fingerprint density at radius 1 is 1.42 bits per heavy atom. The predicted molar refractivity (Wildman–Crippen MR) is 79.0 cm³/mol. The van der Waals surface area contributed by atoms with Gasteiger partial charge < -0.3 is 16.8 Å². The molecule has 1 saturated carbocycles. The van der Waals surface area contributed by atoms with Gasteiger partial charge >= 0.3 is 0 Å². The molecule has 4 nitrogen and oxygen atoms in total. The molecule has 0 radical (unpaired) electrons. The normalized spacial score (nSPS) is 21.9. The van der Waals surface area contributed by atoms with Crippen molar-refractivity contribution in [1.29, 1.82) is 0 Å². The van der Waals surface area contributed by atoms with E-state index in [-0.39, 0.29) is 0 Å². The lowest BCUT2D eigenvalue weighted by molar-refractivity contribution is 0.100. The molecule has 1 aromatic rings. The molecule has 4 heteroatoms. The second-order valence-electron chi connectivity index (χ2n) is 6.27. The minimum absolute atomic E-state index is 0.387. The first-order valence-electron chi connectivity index (χ1n) is 6.83. The zero-order chi connectivity index (χ0) is 14.0. The summed E-state index contributed by atoms with van der Waals surface area (Å²) < 4.78 is 0. The molecule has 1 aliphatic rings. The van der Waals surface area contributed by atoms with Crippen molar-refractivity contribution in [2.75, 3.05) is 11.1 Å². The Hall–Kier alpha value is -1.71. The summed E-state index contributed by atoms with van der Waals surface area (Å²) in [6.45, 7) is 4.61. The van der Waals surface area contributed by atoms with Crippen molar-refractivity contribution in [3.63, 3.8) is 0 Å². The summed E-state index contributed by atoms with van der Waals surface area (Å²) in [5.74, 6) is -0.447. The van der Waals surface area contributed by atoms with E-state index in [4.69, 9.17) is 11.5 Å². The molecule has 2 rings (SSSR count). The number of rotatable bonds is 3. The molecule has 1 amide bonds. The third-order valence-electron chi connectivity index (χ3n) is 3.90. The lowest BCUT2D eigenvalue weighted by Crippen LogP contribution is -2.32. The van der Waals surface area contributed by atoms with Gasteiger partial charge in [-0.05, 0) is 42.9 Å². The van der Waals surface area contributed by atoms with Crippen LogP contribution in [0.15, 0.2) is 18.2 Å². The number of carbonyl (C=O) groups excluding carboxylic acids is 1. The maximum absolute atomic E-state index is 11.1. The van der Waals surface area contributed by atoms with Crippen LogP contribution in [0.4, 0.5) is 11.4 Å². The molecule has 104 valence electrons. The Balaban J connectivity index is 2.09.